The Kier molecular flexibility index (Phi) is 5.29. The predicted octanol–water partition coefficient (Wildman–Crippen LogP) is 1.83. The number of ether oxygens (including phenoxy) is 2. The monoisotopic (exact) mass is 360 g/mol. The van der Waals surface area contributed by atoms with Crippen LogP contribution in [-0.4, -0.2) is 66.0 Å². The Morgan fingerprint density at radius 2 is 2.12 bits per heavy atom. The van der Waals surface area contributed by atoms with Gasteiger partial charge in [0.05, 0.1) is 19.8 Å². The minimum Gasteiger partial charge on any atom is -0.480 e. The first-order valence-electron chi connectivity index (χ1n) is 8.65. The van der Waals surface area contributed by atoms with E-state index in [1.165, 1.54) is 4.90 Å². The first-order valence-corrected chi connectivity index (χ1v) is 8.65. The molecule has 7 heteroatoms. The summed E-state index contributed by atoms with van der Waals surface area (Å²) in [7, 11) is 1.67. The number of rotatable bonds is 5. The molecular formula is C19H24N2O5. The van der Waals surface area contributed by atoms with Crippen LogP contribution < -0.4 is 0 Å². The number of hydrogen-bond donors (Lipinski definition) is 1. The van der Waals surface area contributed by atoms with Crippen molar-refractivity contribution in [3.05, 3.63) is 35.0 Å². The van der Waals surface area contributed by atoms with E-state index in [1.807, 2.05) is 19.1 Å². The Morgan fingerprint density at radius 1 is 1.35 bits per heavy atom. The van der Waals surface area contributed by atoms with Gasteiger partial charge in [-0.15, -0.1) is 0 Å². The predicted molar refractivity (Wildman–Crippen MR) is 96.6 cm³/mol. The maximum atomic E-state index is 12.9. The molecule has 1 saturated heterocycles. The van der Waals surface area contributed by atoms with Crippen molar-refractivity contribution < 1.29 is 24.2 Å². The summed E-state index contributed by atoms with van der Waals surface area (Å²) in [4.78, 5) is 25.7. The molecule has 1 aromatic heterocycles. The molecule has 140 valence electrons. The number of morpholine rings is 1. The number of carbonyl (C=O) groups excluding carboxylic acids is 1. The van der Waals surface area contributed by atoms with E-state index in [1.54, 1.807) is 13.2 Å². The molecule has 1 N–H and O–H groups in total. The number of aliphatic carboxylic acids is 1. The van der Waals surface area contributed by atoms with E-state index in [0.29, 0.717) is 18.8 Å². The Morgan fingerprint density at radius 3 is 2.81 bits per heavy atom. The van der Waals surface area contributed by atoms with E-state index in [9.17, 15) is 14.7 Å². The van der Waals surface area contributed by atoms with Crippen LogP contribution in [-0.2, 0) is 20.8 Å². The van der Waals surface area contributed by atoms with Crippen LogP contribution in [0.2, 0.25) is 0 Å². The fourth-order valence-electron chi connectivity index (χ4n) is 3.47. The molecule has 1 amide bonds. The third kappa shape index (κ3) is 3.20. The molecule has 0 unspecified atom stereocenters. The van der Waals surface area contributed by atoms with Crippen LogP contribution in [0.4, 0.5) is 0 Å². The van der Waals surface area contributed by atoms with Crippen molar-refractivity contribution in [3.8, 4) is 0 Å². The van der Waals surface area contributed by atoms with Crippen LogP contribution in [0.25, 0.3) is 10.9 Å². The molecule has 0 aliphatic carbocycles. The Balaban J connectivity index is 1.97. The summed E-state index contributed by atoms with van der Waals surface area (Å²) in [5.74, 6) is -1.32. The fraction of sp³-hybridized carbons (Fsp3) is 0.474. The van der Waals surface area contributed by atoms with Gasteiger partial charge in [-0.2, -0.15) is 0 Å². The summed E-state index contributed by atoms with van der Waals surface area (Å²) in [6, 6.07) is 4.61. The maximum absolute atomic E-state index is 12.9. The summed E-state index contributed by atoms with van der Waals surface area (Å²) in [5.41, 5.74) is 3.79. The number of hydrogen-bond acceptors (Lipinski definition) is 4. The number of carboxylic acids is 1. The number of benzene rings is 1. The number of carbonyl (C=O) groups is 2. The minimum absolute atomic E-state index is 0.0227. The molecule has 0 radical (unpaired) electrons. The summed E-state index contributed by atoms with van der Waals surface area (Å²) in [5, 5.41) is 10.4. The molecule has 26 heavy (non-hydrogen) atoms. The van der Waals surface area contributed by atoms with Gasteiger partial charge in [-0.05, 0) is 37.6 Å². The van der Waals surface area contributed by atoms with Gasteiger partial charge in [0, 0.05) is 42.4 Å². The van der Waals surface area contributed by atoms with Crippen molar-refractivity contribution in [3.63, 3.8) is 0 Å². The van der Waals surface area contributed by atoms with E-state index < -0.39 is 12.0 Å². The third-order valence-corrected chi connectivity index (χ3v) is 5.08. The number of aromatic nitrogens is 1. The maximum Gasteiger partial charge on any atom is 0.328 e. The van der Waals surface area contributed by atoms with Crippen LogP contribution in [0.1, 0.15) is 21.6 Å². The summed E-state index contributed by atoms with van der Waals surface area (Å²) in [6.07, 6.45) is 0. The highest BCUT2D eigenvalue weighted by atomic mass is 16.5. The van der Waals surface area contributed by atoms with Gasteiger partial charge in [-0.1, -0.05) is 0 Å². The number of carboxylic acid groups (broad SMARTS) is 1. The number of fused-ring (bicyclic) bond motifs is 1. The molecule has 3 rings (SSSR count). The van der Waals surface area contributed by atoms with E-state index in [2.05, 4.69) is 11.5 Å². The first-order chi connectivity index (χ1) is 12.5. The van der Waals surface area contributed by atoms with Gasteiger partial charge in [-0.3, -0.25) is 4.79 Å². The molecule has 0 bridgehead atoms. The highest BCUT2D eigenvalue weighted by molar-refractivity contribution is 6.00. The molecule has 2 heterocycles. The fourth-order valence-corrected chi connectivity index (χ4v) is 3.47. The zero-order chi connectivity index (χ0) is 18.8. The second-order valence-electron chi connectivity index (χ2n) is 6.51. The second-order valence-corrected chi connectivity index (χ2v) is 6.51. The quantitative estimate of drug-likeness (QED) is 0.880. The SMILES string of the molecule is COCCn1c(C)c(C)c2cc(C(=O)N3CCOC[C@H]3C(=O)O)ccc21. The van der Waals surface area contributed by atoms with Gasteiger partial charge < -0.3 is 24.0 Å². The van der Waals surface area contributed by atoms with Crippen molar-refractivity contribution in [2.45, 2.75) is 26.4 Å². The molecular weight excluding hydrogens is 336 g/mol. The van der Waals surface area contributed by atoms with Crippen molar-refractivity contribution in [1.82, 2.24) is 9.47 Å². The number of nitrogens with zero attached hydrogens (tertiary/aromatic N) is 2. The largest absolute Gasteiger partial charge is 0.480 e. The highest BCUT2D eigenvalue weighted by Gasteiger charge is 2.33. The summed E-state index contributed by atoms with van der Waals surface area (Å²) < 4.78 is 12.6. The zero-order valence-corrected chi connectivity index (χ0v) is 15.3. The number of amides is 1. The van der Waals surface area contributed by atoms with Crippen LogP contribution in [0.5, 0.6) is 0 Å². The van der Waals surface area contributed by atoms with Gasteiger partial charge >= 0.3 is 5.97 Å². The van der Waals surface area contributed by atoms with Gasteiger partial charge in [0.1, 0.15) is 0 Å². The average molecular weight is 360 g/mol. The molecule has 7 nitrogen and oxygen atoms in total. The van der Waals surface area contributed by atoms with Gasteiger partial charge in [0.25, 0.3) is 5.91 Å². The molecule has 1 fully saturated rings. The van der Waals surface area contributed by atoms with Crippen molar-refractivity contribution in [1.29, 1.82) is 0 Å². The van der Waals surface area contributed by atoms with Crippen LogP contribution in [0.15, 0.2) is 18.2 Å². The van der Waals surface area contributed by atoms with Gasteiger partial charge in [-0.25, -0.2) is 4.79 Å². The normalized spacial score (nSPS) is 17.7. The molecule has 0 saturated carbocycles. The molecule has 1 aromatic carbocycles. The lowest BCUT2D eigenvalue weighted by molar-refractivity contribution is -0.147. The van der Waals surface area contributed by atoms with Crippen molar-refractivity contribution >= 4 is 22.8 Å². The minimum atomic E-state index is -1.04. The zero-order valence-electron chi connectivity index (χ0n) is 15.3. The first kappa shape index (κ1) is 18.4. The Bertz CT molecular complexity index is 842. The van der Waals surface area contributed by atoms with E-state index in [4.69, 9.17) is 9.47 Å². The highest BCUT2D eigenvalue weighted by Crippen LogP contribution is 2.27. The standard InChI is InChI=1S/C19H24N2O5/c1-12-13(2)20(6-8-25-3)16-5-4-14(10-15(12)16)18(22)21-7-9-26-11-17(21)19(23)24/h4-5,10,17H,6-9,11H2,1-3H3,(H,23,24)/t17-/m0/s1. The summed E-state index contributed by atoms with van der Waals surface area (Å²) in [6.45, 7) is 6.08. The molecule has 1 aliphatic heterocycles. The summed E-state index contributed by atoms with van der Waals surface area (Å²) >= 11 is 0. The average Bonchev–Trinajstić information content (AvgIpc) is 2.89. The Labute approximate surface area is 152 Å². The van der Waals surface area contributed by atoms with Crippen LogP contribution >= 0.6 is 0 Å². The number of methoxy groups -OCH3 is 1. The Hall–Kier alpha value is -2.38. The van der Waals surface area contributed by atoms with Gasteiger partial charge in [0.2, 0.25) is 0 Å². The van der Waals surface area contributed by atoms with Gasteiger partial charge in [0.15, 0.2) is 6.04 Å². The molecule has 2 aromatic rings. The van der Waals surface area contributed by atoms with E-state index in [-0.39, 0.29) is 19.1 Å². The van der Waals surface area contributed by atoms with E-state index in [0.717, 1.165) is 28.7 Å². The second kappa shape index (κ2) is 7.47. The van der Waals surface area contributed by atoms with E-state index >= 15 is 0 Å². The lowest BCUT2D eigenvalue weighted by Gasteiger charge is -2.32. The van der Waals surface area contributed by atoms with Crippen LogP contribution in [0.3, 0.4) is 0 Å². The lowest BCUT2D eigenvalue weighted by Crippen LogP contribution is -2.52. The lowest BCUT2D eigenvalue weighted by atomic mass is 10.1. The molecule has 1 atom stereocenters. The topological polar surface area (TPSA) is 81.0 Å². The van der Waals surface area contributed by atoms with Crippen molar-refractivity contribution in [2.75, 3.05) is 33.5 Å². The molecule has 0 spiro atoms. The van der Waals surface area contributed by atoms with Crippen LogP contribution in [0, 0.1) is 13.8 Å². The van der Waals surface area contributed by atoms with Crippen molar-refractivity contribution in [2.24, 2.45) is 0 Å². The molecule has 1 aliphatic rings. The third-order valence-electron chi connectivity index (χ3n) is 5.08. The smallest absolute Gasteiger partial charge is 0.328 e. The number of aryl methyl sites for hydroxylation is 1.